The number of carbonyl (C=O) groups excluding carboxylic acids is 1. The SMILES string of the molecule is Cc1nccc(OC2CCN(C(=O)[C@H](C)Oc3ccccc3)CC2)n1. The Balaban J connectivity index is 1.49. The summed E-state index contributed by atoms with van der Waals surface area (Å²) in [5.41, 5.74) is 0. The van der Waals surface area contributed by atoms with Crippen LogP contribution >= 0.6 is 0 Å². The first-order valence-electron chi connectivity index (χ1n) is 8.58. The lowest BCUT2D eigenvalue weighted by Crippen LogP contribution is -2.46. The van der Waals surface area contributed by atoms with E-state index >= 15 is 0 Å². The number of carbonyl (C=O) groups is 1. The summed E-state index contributed by atoms with van der Waals surface area (Å²) >= 11 is 0. The van der Waals surface area contributed by atoms with Gasteiger partial charge in [-0.2, -0.15) is 4.98 Å². The van der Waals surface area contributed by atoms with Crippen LogP contribution in [0.5, 0.6) is 11.6 Å². The van der Waals surface area contributed by atoms with Crippen LogP contribution in [0.4, 0.5) is 0 Å². The molecule has 6 nitrogen and oxygen atoms in total. The van der Waals surface area contributed by atoms with Crippen LogP contribution in [0, 0.1) is 6.92 Å². The standard InChI is InChI=1S/C19H23N3O3/c1-14(24-16-6-4-3-5-7-16)19(23)22-12-9-17(10-13-22)25-18-8-11-20-15(2)21-18/h3-8,11,14,17H,9-10,12-13H2,1-2H3/t14-/m0/s1. The molecule has 1 saturated heterocycles. The second-order valence-electron chi connectivity index (χ2n) is 6.16. The quantitative estimate of drug-likeness (QED) is 0.836. The van der Waals surface area contributed by atoms with Crippen LogP contribution < -0.4 is 9.47 Å². The van der Waals surface area contributed by atoms with Crippen LogP contribution in [0.3, 0.4) is 0 Å². The molecule has 0 N–H and O–H groups in total. The van der Waals surface area contributed by atoms with Gasteiger partial charge in [0, 0.05) is 38.2 Å². The molecule has 25 heavy (non-hydrogen) atoms. The van der Waals surface area contributed by atoms with Gasteiger partial charge in [-0.1, -0.05) is 18.2 Å². The van der Waals surface area contributed by atoms with Gasteiger partial charge in [0.2, 0.25) is 5.88 Å². The minimum absolute atomic E-state index is 0.0141. The third kappa shape index (κ3) is 4.68. The van der Waals surface area contributed by atoms with Crippen molar-refractivity contribution in [1.29, 1.82) is 0 Å². The monoisotopic (exact) mass is 341 g/mol. The highest BCUT2D eigenvalue weighted by molar-refractivity contribution is 5.81. The molecule has 1 fully saturated rings. The molecule has 3 rings (SSSR count). The number of aromatic nitrogens is 2. The number of benzene rings is 1. The van der Waals surface area contributed by atoms with Crippen molar-refractivity contribution in [1.82, 2.24) is 14.9 Å². The van der Waals surface area contributed by atoms with Gasteiger partial charge in [-0.3, -0.25) is 4.79 Å². The Hall–Kier alpha value is -2.63. The number of nitrogens with zero attached hydrogens (tertiary/aromatic N) is 3. The summed E-state index contributed by atoms with van der Waals surface area (Å²) in [7, 11) is 0. The lowest BCUT2D eigenvalue weighted by Gasteiger charge is -2.33. The summed E-state index contributed by atoms with van der Waals surface area (Å²) in [5, 5.41) is 0. The zero-order valence-electron chi connectivity index (χ0n) is 14.6. The van der Waals surface area contributed by atoms with E-state index in [9.17, 15) is 4.79 Å². The second-order valence-corrected chi connectivity index (χ2v) is 6.16. The van der Waals surface area contributed by atoms with Gasteiger partial charge in [0.15, 0.2) is 6.10 Å². The van der Waals surface area contributed by atoms with Crippen molar-refractivity contribution in [2.24, 2.45) is 0 Å². The van der Waals surface area contributed by atoms with Crippen LogP contribution in [-0.2, 0) is 4.79 Å². The lowest BCUT2D eigenvalue weighted by atomic mass is 10.1. The molecule has 1 aromatic carbocycles. The van der Waals surface area contributed by atoms with Crippen LogP contribution in [0.15, 0.2) is 42.6 Å². The van der Waals surface area contributed by atoms with E-state index in [0.29, 0.717) is 30.5 Å². The largest absolute Gasteiger partial charge is 0.481 e. The number of hydrogen-bond acceptors (Lipinski definition) is 5. The topological polar surface area (TPSA) is 64.5 Å². The van der Waals surface area contributed by atoms with Crippen molar-refractivity contribution in [2.75, 3.05) is 13.1 Å². The molecule has 1 aliphatic heterocycles. The number of para-hydroxylation sites is 1. The third-order valence-corrected chi connectivity index (χ3v) is 4.20. The van der Waals surface area contributed by atoms with Gasteiger partial charge in [0.1, 0.15) is 17.7 Å². The molecule has 0 aliphatic carbocycles. The van der Waals surface area contributed by atoms with Crippen molar-refractivity contribution >= 4 is 5.91 Å². The maximum atomic E-state index is 12.6. The molecule has 6 heteroatoms. The van der Waals surface area contributed by atoms with E-state index in [-0.39, 0.29) is 12.0 Å². The molecule has 0 unspecified atom stereocenters. The molecule has 0 spiro atoms. The van der Waals surface area contributed by atoms with Crippen molar-refractivity contribution in [3.63, 3.8) is 0 Å². The Morgan fingerprint density at radius 3 is 2.60 bits per heavy atom. The zero-order chi connectivity index (χ0) is 17.6. The number of aryl methyl sites for hydroxylation is 1. The molecule has 2 heterocycles. The second kappa shape index (κ2) is 7.96. The van der Waals surface area contributed by atoms with Gasteiger partial charge in [0.25, 0.3) is 5.91 Å². The zero-order valence-corrected chi connectivity index (χ0v) is 14.6. The summed E-state index contributed by atoms with van der Waals surface area (Å²) in [6.07, 6.45) is 2.84. The van der Waals surface area contributed by atoms with Gasteiger partial charge < -0.3 is 14.4 Å². The molecular formula is C19H23N3O3. The molecule has 0 saturated carbocycles. The summed E-state index contributed by atoms with van der Waals surface area (Å²) in [6, 6.07) is 11.2. The fraction of sp³-hybridized carbons (Fsp3) is 0.421. The maximum Gasteiger partial charge on any atom is 0.263 e. The van der Waals surface area contributed by atoms with E-state index in [1.165, 1.54) is 0 Å². The molecule has 0 bridgehead atoms. The van der Waals surface area contributed by atoms with E-state index in [2.05, 4.69) is 9.97 Å². The van der Waals surface area contributed by atoms with Crippen LogP contribution in [-0.4, -0.2) is 46.1 Å². The van der Waals surface area contributed by atoms with E-state index in [1.807, 2.05) is 42.2 Å². The molecule has 1 atom stereocenters. The smallest absolute Gasteiger partial charge is 0.263 e. The molecule has 0 radical (unpaired) electrons. The minimum atomic E-state index is -0.496. The van der Waals surface area contributed by atoms with E-state index in [4.69, 9.17) is 9.47 Å². The predicted molar refractivity (Wildman–Crippen MR) is 93.5 cm³/mol. The number of likely N-dealkylation sites (tertiary alicyclic amines) is 1. The molecule has 1 aromatic heterocycles. The van der Waals surface area contributed by atoms with Crippen LogP contribution in [0.25, 0.3) is 0 Å². The number of amides is 1. The normalized spacial score (nSPS) is 16.3. The van der Waals surface area contributed by atoms with Crippen molar-refractivity contribution < 1.29 is 14.3 Å². The van der Waals surface area contributed by atoms with Crippen LogP contribution in [0.2, 0.25) is 0 Å². The predicted octanol–water partition coefficient (Wildman–Crippen LogP) is 2.62. The highest BCUT2D eigenvalue weighted by Gasteiger charge is 2.28. The fourth-order valence-electron chi connectivity index (χ4n) is 2.88. The van der Waals surface area contributed by atoms with Gasteiger partial charge in [-0.05, 0) is 26.0 Å². The average molecular weight is 341 g/mol. The van der Waals surface area contributed by atoms with E-state index in [1.54, 1.807) is 19.2 Å². The summed E-state index contributed by atoms with van der Waals surface area (Å²) in [6.45, 7) is 4.95. The van der Waals surface area contributed by atoms with Gasteiger partial charge >= 0.3 is 0 Å². The van der Waals surface area contributed by atoms with Crippen LogP contribution in [0.1, 0.15) is 25.6 Å². The van der Waals surface area contributed by atoms with Gasteiger partial charge in [-0.15, -0.1) is 0 Å². The average Bonchev–Trinajstić information content (AvgIpc) is 2.62. The first-order valence-corrected chi connectivity index (χ1v) is 8.58. The Labute approximate surface area is 147 Å². The molecule has 1 amide bonds. The fourth-order valence-corrected chi connectivity index (χ4v) is 2.88. The summed E-state index contributed by atoms with van der Waals surface area (Å²) in [4.78, 5) is 22.7. The third-order valence-electron chi connectivity index (χ3n) is 4.20. The highest BCUT2D eigenvalue weighted by atomic mass is 16.5. The Morgan fingerprint density at radius 2 is 1.92 bits per heavy atom. The number of ether oxygens (including phenoxy) is 2. The Bertz CT molecular complexity index is 700. The molecule has 2 aromatic rings. The summed E-state index contributed by atoms with van der Waals surface area (Å²) in [5.74, 6) is 2.01. The molecule has 1 aliphatic rings. The first-order chi connectivity index (χ1) is 12.1. The molecular weight excluding hydrogens is 318 g/mol. The van der Waals surface area contributed by atoms with E-state index < -0.39 is 6.10 Å². The first kappa shape index (κ1) is 17.2. The number of hydrogen-bond donors (Lipinski definition) is 0. The molecule has 132 valence electrons. The summed E-state index contributed by atoms with van der Waals surface area (Å²) < 4.78 is 11.6. The highest BCUT2D eigenvalue weighted by Crippen LogP contribution is 2.19. The maximum absolute atomic E-state index is 12.6. The van der Waals surface area contributed by atoms with Crippen molar-refractivity contribution in [2.45, 2.75) is 38.9 Å². The van der Waals surface area contributed by atoms with Gasteiger partial charge in [-0.25, -0.2) is 4.98 Å². The van der Waals surface area contributed by atoms with Crippen molar-refractivity contribution in [3.8, 4) is 11.6 Å². The van der Waals surface area contributed by atoms with Crippen molar-refractivity contribution in [3.05, 3.63) is 48.4 Å². The minimum Gasteiger partial charge on any atom is -0.481 e. The van der Waals surface area contributed by atoms with E-state index in [0.717, 1.165) is 12.8 Å². The lowest BCUT2D eigenvalue weighted by molar-refractivity contribution is -0.139. The van der Waals surface area contributed by atoms with Gasteiger partial charge in [0.05, 0.1) is 0 Å². The number of rotatable bonds is 5. The Kier molecular flexibility index (Phi) is 5.48. The Morgan fingerprint density at radius 1 is 1.20 bits per heavy atom. The number of piperidine rings is 1.